The zero-order valence-electron chi connectivity index (χ0n) is 9.87. The van der Waals surface area contributed by atoms with Crippen LogP contribution in [0.5, 0.6) is 0 Å². The molecular weight excluding hydrogens is 226 g/mol. The van der Waals surface area contributed by atoms with E-state index in [-0.39, 0.29) is 0 Å². The highest BCUT2D eigenvalue weighted by molar-refractivity contribution is 5.59. The summed E-state index contributed by atoms with van der Waals surface area (Å²) < 4.78 is 5.45. The van der Waals surface area contributed by atoms with Crippen LogP contribution in [0.1, 0.15) is 5.76 Å². The first-order chi connectivity index (χ1) is 8.83. The molecule has 18 heavy (non-hydrogen) atoms. The quantitative estimate of drug-likeness (QED) is 0.687. The maximum absolute atomic E-state index is 5.45. The van der Waals surface area contributed by atoms with Crippen molar-refractivity contribution in [2.75, 3.05) is 0 Å². The van der Waals surface area contributed by atoms with Gasteiger partial charge in [0.1, 0.15) is 5.76 Å². The largest absolute Gasteiger partial charge is 0.441 e. The predicted octanol–water partition coefficient (Wildman–Crippen LogP) is 3.11. The van der Waals surface area contributed by atoms with E-state index in [2.05, 4.69) is 15.0 Å². The van der Waals surface area contributed by atoms with Gasteiger partial charge in [-0.1, -0.05) is 6.07 Å². The van der Waals surface area contributed by atoms with Crippen LogP contribution in [-0.4, -0.2) is 15.0 Å². The second-order valence-corrected chi connectivity index (χ2v) is 3.92. The van der Waals surface area contributed by atoms with Gasteiger partial charge in [-0.05, 0) is 31.2 Å². The molecular formula is C14H11N3O. The number of hydrogen-bond donors (Lipinski definition) is 0. The third-order valence-corrected chi connectivity index (χ3v) is 2.56. The first kappa shape index (κ1) is 10.7. The second-order valence-electron chi connectivity index (χ2n) is 3.92. The van der Waals surface area contributed by atoms with Crippen molar-refractivity contribution in [3.63, 3.8) is 0 Å². The van der Waals surface area contributed by atoms with Gasteiger partial charge in [0, 0.05) is 12.4 Å². The maximum Gasteiger partial charge on any atom is 0.227 e. The van der Waals surface area contributed by atoms with E-state index in [1.807, 2.05) is 37.3 Å². The first-order valence-electron chi connectivity index (χ1n) is 5.63. The van der Waals surface area contributed by atoms with Gasteiger partial charge in [0.05, 0.1) is 23.1 Å². The van der Waals surface area contributed by atoms with Crippen LogP contribution < -0.4 is 0 Å². The van der Waals surface area contributed by atoms with Crippen molar-refractivity contribution >= 4 is 0 Å². The van der Waals surface area contributed by atoms with Crippen LogP contribution in [0.25, 0.3) is 22.8 Å². The molecule has 0 spiro atoms. The summed E-state index contributed by atoms with van der Waals surface area (Å²) in [5, 5.41) is 0. The number of nitrogens with zero attached hydrogens (tertiary/aromatic N) is 3. The highest BCUT2D eigenvalue weighted by atomic mass is 16.4. The lowest BCUT2D eigenvalue weighted by molar-refractivity contribution is 0.542. The summed E-state index contributed by atoms with van der Waals surface area (Å²) in [7, 11) is 0. The zero-order chi connectivity index (χ0) is 12.4. The molecule has 0 bridgehead atoms. The van der Waals surface area contributed by atoms with Gasteiger partial charge in [-0.15, -0.1) is 0 Å². The Bertz CT molecular complexity index is 644. The van der Waals surface area contributed by atoms with E-state index in [0.717, 1.165) is 22.7 Å². The first-order valence-corrected chi connectivity index (χ1v) is 5.63. The third kappa shape index (κ3) is 2.00. The Balaban J connectivity index is 1.94. The van der Waals surface area contributed by atoms with E-state index < -0.39 is 0 Å². The predicted molar refractivity (Wildman–Crippen MR) is 67.7 cm³/mol. The van der Waals surface area contributed by atoms with Crippen molar-refractivity contribution < 1.29 is 4.42 Å². The van der Waals surface area contributed by atoms with Gasteiger partial charge in [-0.2, -0.15) is 0 Å². The van der Waals surface area contributed by atoms with Gasteiger partial charge in [-0.3, -0.25) is 9.97 Å². The summed E-state index contributed by atoms with van der Waals surface area (Å²) in [5.74, 6) is 1.38. The molecule has 0 atom stereocenters. The summed E-state index contributed by atoms with van der Waals surface area (Å²) in [5.41, 5.74) is 2.55. The van der Waals surface area contributed by atoms with Crippen molar-refractivity contribution in [2.24, 2.45) is 0 Å². The number of rotatable bonds is 2. The number of oxazole rings is 1. The molecule has 88 valence electrons. The molecule has 0 aromatic carbocycles. The molecule has 0 radical (unpaired) electrons. The Morgan fingerprint density at radius 2 is 1.78 bits per heavy atom. The lowest BCUT2D eigenvalue weighted by Gasteiger charge is -2.00. The molecule has 4 heteroatoms. The Labute approximate surface area is 104 Å². The SMILES string of the molecule is Cc1cnc(-c2ccc(-c3ccccn3)nc2)o1. The van der Waals surface area contributed by atoms with Gasteiger partial charge in [0.2, 0.25) is 5.89 Å². The Morgan fingerprint density at radius 1 is 0.889 bits per heavy atom. The summed E-state index contributed by atoms with van der Waals surface area (Å²) in [6, 6.07) is 9.60. The summed E-state index contributed by atoms with van der Waals surface area (Å²) >= 11 is 0. The van der Waals surface area contributed by atoms with Crippen LogP contribution in [0.3, 0.4) is 0 Å². The Hall–Kier alpha value is -2.49. The minimum Gasteiger partial charge on any atom is -0.441 e. The van der Waals surface area contributed by atoms with Crippen molar-refractivity contribution in [3.8, 4) is 22.8 Å². The van der Waals surface area contributed by atoms with Gasteiger partial charge >= 0.3 is 0 Å². The van der Waals surface area contributed by atoms with Crippen LogP contribution in [0.15, 0.2) is 53.3 Å². The zero-order valence-corrected chi connectivity index (χ0v) is 9.87. The minimum atomic E-state index is 0.590. The minimum absolute atomic E-state index is 0.590. The molecule has 4 nitrogen and oxygen atoms in total. The molecule has 0 aliphatic rings. The molecule has 0 amide bonds. The molecule has 3 aromatic heterocycles. The van der Waals surface area contributed by atoms with Crippen molar-refractivity contribution in [3.05, 3.63) is 54.7 Å². The van der Waals surface area contributed by atoms with Gasteiger partial charge in [0.25, 0.3) is 0 Å². The van der Waals surface area contributed by atoms with Crippen LogP contribution >= 0.6 is 0 Å². The number of aromatic nitrogens is 3. The van der Waals surface area contributed by atoms with Gasteiger partial charge in [-0.25, -0.2) is 4.98 Å². The number of pyridine rings is 2. The topological polar surface area (TPSA) is 51.8 Å². The average Bonchev–Trinajstić information content (AvgIpc) is 2.87. The van der Waals surface area contributed by atoms with Crippen molar-refractivity contribution in [2.45, 2.75) is 6.92 Å². The fourth-order valence-electron chi connectivity index (χ4n) is 1.67. The molecule has 0 fully saturated rings. The molecule has 3 heterocycles. The highest BCUT2D eigenvalue weighted by Crippen LogP contribution is 2.20. The second kappa shape index (κ2) is 4.41. The molecule has 0 saturated carbocycles. The van der Waals surface area contributed by atoms with Crippen LogP contribution in [0.2, 0.25) is 0 Å². The summed E-state index contributed by atoms with van der Waals surface area (Å²) in [6.07, 6.45) is 5.19. The van der Waals surface area contributed by atoms with E-state index in [1.54, 1.807) is 18.6 Å². The van der Waals surface area contributed by atoms with Crippen molar-refractivity contribution in [1.82, 2.24) is 15.0 Å². The standard InChI is InChI=1S/C14H11N3O/c1-10-8-17-14(18-10)11-5-6-13(16-9-11)12-4-2-3-7-15-12/h2-9H,1H3. The van der Waals surface area contributed by atoms with Crippen LogP contribution in [0.4, 0.5) is 0 Å². The van der Waals surface area contributed by atoms with E-state index >= 15 is 0 Å². The van der Waals surface area contributed by atoms with Gasteiger partial charge in [0.15, 0.2) is 0 Å². The highest BCUT2D eigenvalue weighted by Gasteiger charge is 2.06. The van der Waals surface area contributed by atoms with Crippen LogP contribution in [-0.2, 0) is 0 Å². The Kier molecular flexibility index (Phi) is 2.61. The number of aryl methyl sites for hydroxylation is 1. The molecule has 0 aliphatic carbocycles. The monoisotopic (exact) mass is 237 g/mol. The summed E-state index contributed by atoms with van der Waals surface area (Å²) in [4.78, 5) is 12.8. The molecule has 3 rings (SSSR count). The van der Waals surface area contributed by atoms with Crippen molar-refractivity contribution in [1.29, 1.82) is 0 Å². The van der Waals surface area contributed by atoms with E-state index in [1.165, 1.54) is 0 Å². The average molecular weight is 237 g/mol. The maximum atomic E-state index is 5.45. The molecule has 0 unspecified atom stereocenters. The molecule has 3 aromatic rings. The Morgan fingerprint density at radius 3 is 2.39 bits per heavy atom. The molecule has 0 aliphatic heterocycles. The normalized spacial score (nSPS) is 10.5. The van der Waals surface area contributed by atoms with E-state index in [9.17, 15) is 0 Å². The summed E-state index contributed by atoms with van der Waals surface area (Å²) in [6.45, 7) is 1.87. The molecule has 0 N–H and O–H groups in total. The smallest absolute Gasteiger partial charge is 0.227 e. The van der Waals surface area contributed by atoms with Gasteiger partial charge < -0.3 is 4.42 Å². The lowest BCUT2D eigenvalue weighted by Crippen LogP contribution is -1.87. The number of hydrogen-bond acceptors (Lipinski definition) is 4. The third-order valence-electron chi connectivity index (χ3n) is 2.56. The fourth-order valence-corrected chi connectivity index (χ4v) is 1.67. The molecule has 0 saturated heterocycles. The lowest BCUT2D eigenvalue weighted by atomic mass is 10.2. The fraction of sp³-hybridized carbons (Fsp3) is 0.0714. The van der Waals surface area contributed by atoms with E-state index in [4.69, 9.17) is 4.42 Å². The van der Waals surface area contributed by atoms with Crippen LogP contribution in [0, 0.1) is 6.92 Å². The van der Waals surface area contributed by atoms with E-state index in [0.29, 0.717) is 5.89 Å².